The second-order valence-electron chi connectivity index (χ2n) is 4.68. The van der Waals surface area contributed by atoms with Crippen molar-refractivity contribution in [3.63, 3.8) is 0 Å². The van der Waals surface area contributed by atoms with E-state index in [1.807, 2.05) is 6.92 Å². The van der Waals surface area contributed by atoms with E-state index >= 15 is 0 Å². The zero-order valence-electron chi connectivity index (χ0n) is 9.76. The summed E-state index contributed by atoms with van der Waals surface area (Å²) in [5.74, 6) is 0.867. The maximum absolute atomic E-state index is 11.4. The SMILES string of the molecule is CC1C(=O)CCC1Cc1ccc([N+](=O)[O-])cc1. The molecule has 0 saturated heterocycles. The number of carbonyl (C=O) groups excluding carboxylic acids is 1. The fourth-order valence-corrected chi connectivity index (χ4v) is 2.40. The van der Waals surface area contributed by atoms with Gasteiger partial charge in [-0.25, -0.2) is 0 Å². The highest BCUT2D eigenvalue weighted by molar-refractivity contribution is 5.83. The molecular weight excluding hydrogens is 218 g/mol. The van der Waals surface area contributed by atoms with E-state index in [1.165, 1.54) is 12.1 Å². The van der Waals surface area contributed by atoms with E-state index in [9.17, 15) is 14.9 Å². The number of Topliss-reactive ketones (excluding diaryl/α,β-unsaturated/α-hetero) is 1. The van der Waals surface area contributed by atoms with Crippen LogP contribution in [0.4, 0.5) is 5.69 Å². The summed E-state index contributed by atoms with van der Waals surface area (Å²) in [6, 6.07) is 6.62. The molecule has 1 aliphatic carbocycles. The molecule has 4 heteroatoms. The van der Waals surface area contributed by atoms with Crippen molar-refractivity contribution in [1.29, 1.82) is 0 Å². The van der Waals surface area contributed by atoms with Gasteiger partial charge >= 0.3 is 0 Å². The van der Waals surface area contributed by atoms with Crippen LogP contribution < -0.4 is 0 Å². The van der Waals surface area contributed by atoms with Gasteiger partial charge in [0.25, 0.3) is 5.69 Å². The average Bonchev–Trinajstić information content (AvgIpc) is 2.62. The Labute approximate surface area is 99.8 Å². The van der Waals surface area contributed by atoms with Crippen molar-refractivity contribution in [3.8, 4) is 0 Å². The molecule has 0 spiro atoms. The van der Waals surface area contributed by atoms with Crippen LogP contribution in [0.1, 0.15) is 25.3 Å². The van der Waals surface area contributed by atoms with Gasteiger partial charge in [0, 0.05) is 24.5 Å². The van der Waals surface area contributed by atoms with E-state index in [0.29, 0.717) is 18.1 Å². The van der Waals surface area contributed by atoms with Crippen LogP contribution in [0.5, 0.6) is 0 Å². The molecule has 0 radical (unpaired) electrons. The summed E-state index contributed by atoms with van der Waals surface area (Å²) < 4.78 is 0. The van der Waals surface area contributed by atoms with Crippen LogP contribution in [-0.4, -0.2) is 10.7 Å². The Kier molecular flexibility index (Phi) is 3.22. The monoisotopic (exact) mass is 233 g/mol. The fraction of sp³-hybridized carbons (Fsp3) is 0.462. The summed E-state index contributed by atoms with van der Waals surface area (Å²) in [7, 11) is 0. The molecule has 4 nitrogen and oxygen atoms in total. The van der Waals surface area contributed by atoms with Crippen LogP contribution in [0.15, 0.2) is 24.3 Å². The largest absolute Gasteiger partial charge is 0.299 e. The first kappa shape index (κ1) is 11.8. The Bertz CT molecular complexity index is 438. The topological polar surface area (TPSA) is 60.2 Å². The van der Waals surface area contributed by atoms with Gasteiger partial charge in [0.2, 0.25) is 0 Å². The van der Waals surface area contributed by atoms with E-state index in [-0.39, 0.29) is 11.6 Å². The molecule has 2 atom stereocenters. The predicted octanol–water partition coefficient (Wildman–Crippen LogP) is 2.75. The van der Waals surface area contributed by atoms with Crippen LogP contribution in [-0.2, 0) is 11.2 Å². The molecule has 1 aromatic rings. The molecule has 0 aliphatic heterocycles. The Balaban J connectivity index is 2.04. The highest BCUT2D eigenvalue weighted by atomic mass is 16.6. The normalized spacial score (nSPS) is 23.9. The van der Waals surface area contributed by atoms with Gasteiger partial charge in [-0.1, -0.05) is 19.1 Å². The van der Waals surface area contributed by atoms with E-state index in [1.54, 1.807) is 12.1 Å². The highest BCUT2D eigenvalue weighted by Gasteiger charge is 2.30. The summed E-state index contributed by atoms with van der Waals surface area (Å²) in [5.41, 5.74) is 1.19. The molecule has 0 amide bonds. The molecule has 1 aliphatic rings. The number of non-ortho nitro benzene ring substituents is 1. The molecule has 17 heavy (non-hydrogen) atoms. The van der Waals surface area contributed by atoms with Crippen molar-refractivity contribution in [1.82, 2.24) is 0 Å². The van der Waals surface area contributed by atoms with E-state index < -0.39 is 4.92 Å². The van der Waals surface area contributed by atoms with Crippen LogP contribution in [0.3, 0.4) is 0 Å². The molecule has 90 valence electrons. The fourth-order valence-electron chi connectivity index (χ4n) is 2.40. The molecule has 0 N–H and O–H groups in total. The van der Waals surface area contributed by atoms with Crippen molar-refractivity contribution in [2.24, 2.45) is 11.8 Å². The lowest BCUT2D eigenvalue weighted by atomic mass is 9.91. The summed E-state index contributed by atoms with van der Waals surface area (Å²) in [4.78, 5) is 21.5. The molecule has 0 bridgehead atoms. The number of carbonyl (C=O) groups is 1. The van der Waals surface area contributed by atoms with Gasteiger partial charge < -0.3 is 0 Å². The quantitative estimate of drug-likeness (QED) is 0.595. The molecule has 2 rings (SSSR count). The lowest BCUT2D eigenvalue weighted by Gasteiger charge is -2.13. The Morgan fingerprint density at radius 3 is 2.47 bits per heavy atom. The minimum absolute atomic E-state index is 0.115. The smallest absolute Gasteiger partial charge is 0.269 e. The van der Waals surface area contributed by atoms with E-state index in [4.69, 9.17) is 0 Å². The summed E-state index contributed by atoms with van der Waals surface area (Å²) >= 11 is 0. The lowest BCUT2D eigenvalue weighted by molar-refractivity contribution is -0.384. The summed E-state index contributed by atoms with van der Waals surface area (Å²) in [6.07, 6.45) is 2.46. The first-order valence-electron chi connectivity index (χ1n) is 5.84. The van der Waals surface area contributed by atoms with Gasteiger partial charge in [0.05, 0.1) is 4.92 Å². The number of ketones is 1. The third-order valence-electron chi connectivity index (χ3n) is 3.62. The van der Waals surface area contributed by atoms with E-state index in [0.717, 1.165) is 18.4 Å². The van der Waals surface area contributed by atoms with Crippen LogP contribution in [0, 0.1) is 22.0 Å². The Morgan fingerprint density at radius 2 is 2.00 bits per heavy atom. The van der Waals surface area contributed by atoms with Crippen molar-refractivity contribution < 1.29 is 9.72 Å². The Morgan fingerprint density at radius 1 is 1.35 bits per heavy atom. The highest BCUT2D eigenvalue weighted by Crippen LogP contribution is 2.31. The summed E-state index contributed by atoms with van der Waals surface area (Å²) in [5, 5.41) is 10.5. The second kappa shape index (κ2) is 4.65. The number of nitro benzene ring substituents is 1. The molecular formula is C13H15NO3. The minimum Gasteiger partial charge on any atom is -0.299 e. The van der Waals surface area contributed by atoms with Gasteiger partial charge in [-0.2, -0.15) is 0 Å². The first-order valence-corrected chi connectivity index (χ1v) is 5.84. The number of nitrogens with zero attached hydrogens (tertiary/aromatic N) is 1. The number of rotatable bonds is 3. The van der Waals surface area contributed by atoms with E-state index in [2.05, 4.69) is 0 Å². The molecule has 2 unspecified atom stereocenters. The maximum atomic E-state index is 11.4. The lowest BCUT2D eigenvalue weighted by Crippen LogP contribution is -2.12. The molecule has 1 fully saturated rings. The van der Waals surface area contributed by atoms with Crippen molar-refractivity contribution >= 4 is 11.5 Å². The van der Waals surface area contributed by atoms with Crippen LogP contribution in [0.2, 0.25) is 0 Å². The molecule has 0 heterocycles. The predicted molar refractivity (Wildman–Crippen MR) is 63.7 cm³/mol. The van der Waals surface area contributed by atoms with Crippen LogP contribution in [0.25, 0.3) is 0 Å². The maximum Gasteiger partial charge on any atom is 0.269 e. The molecule has 1 saturated carbocycles. The Hall–Kier alpha value is -1.71. The second-order valence-corrected chi connectivity index (χ2v) is 4.68. The summed E-state index contributed by atoms with van der Waals surface area (Å²) in [6.45, 7) is 1.98. The number of hydrogen-bond donors (Lipinski definition) is 0. The average molecular weight is 233 g/mol. The first-order chi connectivity index (χ1) is 8.08. The van der Waals surface area contributed by atoms with Crippen molar-refractivity contribution in [2.75, 3.05) is 0 Å². The minimum atomic E-state index is -0.397. The zero-order chi connectivity index (χ0) is 12.4. The third kappa shape index (κ3) is 2.52. The molecule has 1 aromatic carbocycles. The number of benzene rings is 1. The third-order valence-corrected chi connectivity index (χ3v) is 3.62. The van der Waals surface area contributed by atoms with Gasteiger partial charge in [0.15, 0.2) is 0 Å². The zero-order valence-corrected chi connectivity index (χ0v) is 9.76. The van der Waals surface area contributed by atoms with Crippen molar-refractivity contribution in [2.45, 2.75) is 26.2 Å². The van der Waals surface area contributed by atoms with Gasteiger partial charge in [0.1, 0.15) is 5.78 Å². The standard InChI is InChI=1S/C13H15NO3/c1-9-11(4-7-13(9)15)8-10-2-5-12(6-3-10)14(16)17/h2-3,5-6,9,11H,4,7-8H2,1H3. The van der Waals surface area contributed by atoms with Gasteiger partial charge in [-0.05, 0) is 24.3 Å². The number of nitro groups is 1. The van der Waals surface area contributed by atoms with Gasteiger partial charge in [-0.3, -0.25) is 14.9 Å². The van der Waals surface area contributed by atoms with Gasteiger partial charge in [-0.15, -0.1) is 0 Å². The number of hydrogen-bond acceptors (Lipinski definition) is 3. The molecule has 0 aromatic heterocycles. The van der Waals surface area contributed by atoms with Crippen molar-refractivity contribution in [3.05, 3.63) is 39.9 Å². The van der Waals surface area contributed by atoms with Crippen LogP contribution >= 0.6 is 0 Å².